The van der Waals surface area contributed by atoms with Crippen LogP contribution in [0.3, 0.4) is 0 Å². The van der Waals surface area contributed by atoms with E-state index in [1.165, 1.54) is 0 Å². The molecular weight excluding hydrogens is 380 g/mol. The Labute approximate surface area is 182 Å². The third-order valence-electron chi connectivity index (χ3n) is 6.72. The quantitative estimate of drug-likeness (QED) is 0.501. The molecule has 30 heavy (non-hydrogen) atoms. The molecule has 1 N–H and O–H groups in total. The van der Waals surface area contributed by atoms with Gasteiger partial charge in [-0.25, -0.2) is 0 Å². The smallest absolute Gasteiger partial charge is 0.308 e. The Hall–Kier alpha value is -1.20. The van der Waals surface area contributed by atoms with Gasteiger partial charge in [0.05, 0.1) is 18.1 Å². The number of hydrogen-bond donors (Lipinski definition) is 1. The summed E-state index contributed by atoms with van der Waals surface area (Å²) in [7, 11) is 0. The molecule has 5 nitrogen and oxygen atoms in total. The van der Waals surface area contributed by atoms with Crippen LogP contribution >= 0.6 is 0 Å². The van der Waals surface area contributed by atoms with Crippen molar-refractivity contribution in [3.8, 4) is 0 Å². The highest BCUT2D eigenvalue weighted by Gasteiger charge is 2.35. The highest BCUT2D eigenvalue weighted by atomic mass is 16.5. The number of ketones is 1. The zero-order valence-corrected chi connectivity index (χ0v) is 19.4. The Kier molecular flexibility index (Phi) is 10.0. The normalized spacial score (nSPS) is 38.0. The van der Waals surface area contributed by atoms with Gasteiger partial charge < -0.3 is 14.6 Å². The minimum Gasteiger partial charge on any atom is -0.462 e. The molecule has 2 rings (SSSR count). The van der Waals surface area contributed by atoms with E-state index in [0.29, 0.717) is 25.2 Å². The highest BCUT2D eigenvalue weighted by Crippen LogP contribution is 2.33. The maximum Gasteiger partial charge on any atom is 0.308 e. The molecule has 2 saturated heterocycles. The fourth-order valence-electron chi connectivity index (χ4n) is 4.86. The number of cyclic esters (lactones) is 1. The van der Waals surface area contributed by atoms with E-state index in [9.17, 15) is 14.7 Å². The lowest BCUT2D eigenvalue weighted by atomic mass is 9.89. The summed E-state index contributed by atoms with van der Waals surface area (Å²) < 4.78 is 12.0. The van der Waals surface area contributed by atoms with E-state index < -0.39 is 6.10 Å². The molecule has 5 heteroatoms. The number of rotatable bonds is 2. The van der Waals surface area contributed by atoms with E-state index in [2.05, 4.69) is 20.4 Å². The van der Waals surface area contributed by atoms with Gasteiger partial charge >= 0.3 is 5.97 Å². The number of aliphatic hydroxyl groups is 1. The van der Waals surface area contributed by atoms with Crippen molar-refractivity contribution >= 4 is 11.8 Å². The van der Waals surface area contributed by atoms with E-state index in [1.807, 2.05) is 13.8 Å². The summed E-state index contributed by atoms with van der Waals surface area (Å²) in [6, 6.07) is 0. The van der Waals surface area contributed by atoms with Gasteiger partial charge in [0.1, 0.15) is 12.2 Å². The van der Waals surface area contributed by atoms with Gasteiger partial charge in [-0.3, -0.25) is 9.59 Å². The van der Waals surface area contributed by atoms with Crippen LogP contribution in [0.5, 0.6) is 0 Å². The van der Waals surface area contributed by atoms with Crippen LogP contribution in [-0.2, 0) is 19.1 Å². The highest BCUT2D eigenvalue weighted by molar-refractivity contribution is 5.85. The van der Waals surface area contributed by atoms with Gasteiger partial charge in [-0.1, -0.05) is 59.1 Å². The summed E-state index contributed by atoms with van der Waals surface area (Å²) in [6.45, 7) is 12.2. The lowest BCUT2D eigenvalue weighted by molar-refractivity contribution is -0.154. The van der Waals surface area contributed by atoms with Crippen molar-refractivity contribution in [1.82, 2.24) is 0 Å². The maximum absolute atomic E-state index is 12.7. The monoisotopic (exact) mass is 422 g/mol. The molecule has 0 saturated carbocycles. The molecule has 7 atom stereocenters. The predicted octanol–water partition coefficient (Wildman–Crippen LogP) is 4.99. The van der Waals surface area contributed by atoms with E-state index >= 15 is 0 Å². The first-order valence-electron chi connectivity index (χ1n) is 12.0. The minimum atomic E-state index is -0.993. The summed E-state index contributed by atoms with van der Waals surface area (Å²) in [4.78, 5) is 25.3. The lowest BCUT2D eigenvalue weighted by Gasteiger charge is -2.23. The van der Waals surface area contributed by atoms with Crippen molar-refractivity contribution in [2.24, 2.45) is 17.8 Å². The first-order valence-corrected chi connectivity index (χ1v) is 12.0. The molecular formula is C25H42O5. The molecule has 0 spiro atoms. The summed E-state index contributed by atoms with van der Waals surface area (Å²) in [6.07, 6.45) is 6.76. The Morgan fingerprint density at radius 3 is 2.43 bits per heavy atom. The zero-order valence-electron chi connectivity index (χ0n) is 19.4. The Morgan fingerprint density at radius 1 is 1.03 bits per heavy atom. The van der Waals surface area contributed by atoms with Crippen LogP contribution in [0.15, 0.2) is 12.2 Å². The van der Waals surface area contributed by atoms with Gasteiger partial charge in [0.15, 0.2) is 5.78 Å². The van der Waals surface area contributed by atoms with Gasteiger partial charge in [-0.2, -0.15) is 0 Å². The second-order valence-electron chi connectivity index (χ2n) is 9.76. The molecule has 0 aliphatic carbocycles. The fourth-order valence-corrected chi connectivity index (χ4v) is 4.86. The number of Topliss-reactive ketones (excluding diaryl/α,β-unsaturated/α-hetero) is 1. The first kappa shape index (κ1) is 25.1. The second kappa shape index (κ2) is 12.0. The largest absolute Gasteiger partial charge is 0.462 e. The lowest BCUT2D eigenvalue weighted by Crippen LogP contribution is -2.31. The standard InChI is InChI=1S/C25H42O5/c1-6-9-20-13-16(2)12-19(5)24(27)22(26)15-21-14-18(4)23(29-21)11-8-7-10-17(3)25(28)30-20/h17-23,26H,2,6-15H2,1,3-5H3/t17-,18-,19-,20+,21+,22-,23-/m0/s1. The van der Waals surface area contributed by atoms with Gasteiger partial charge in [-0.05, 0) is 38.0 Å². The molecule has 0 amide bonds. The first-order chi connectivity index (χ1) is 14.2. The van der Waals surface area contributed by atoms with Gasteiger partial charge in [0.2, 0.25) is 0 Å². The van der Waals surface area contributed by atoms with E-state index in [-0.39, 0.29) is 41.9 Å². The number of fused-ring (bicyclic) bond motifs is 2. The molecule has 0 unspecified atom stereocenters. The third-order valence-corrected chi connectivity index (χ3v) is 6.72. The van der Waals surface area contributed by atoms with Crippen LogP contribution in [0.1, 0.15) is 91.9 Å². The molecule has 2 bridgehead atoms. The van der Waals surface area contributed by atoms with Crippen LogP contribution < -0.4 is 0 Å². The molecule has 2 aliphatic heterocycles. The topological polar surface area (TPSA) is 72.8 Å². The van der Waals surface area contributed by atoms with E-state index in [1.54, 1.807) is 0 Å². The molecule has 172 valence electrons. The van der Waals surface area contributed by atoms with Crippen molar-refractivity contribution in [3.05, 3.63) is 12.2 Å². The fraction of sp³-hybridized carbons (Fsp3) is 0.840. The van der Waals surface area contributed by atoms with Crippen molar-refractivity contribution in [2.45, 2.75) is 116 Å². The molecule has 0 aromatic rings. The molecule has 0 aromatic heterocycles. The maximum atomic E-state index is 12.7. The average molecular weight is 423 g/mol. The van der Waals surface area contributed by atoms with Gasteiger partial charge in [0, 0.05) is 18.8 Å². The SMILES string of the molecule is C=C1C[C@@H](CCC)OC(=O)[C@@H](C)CCCC[C@@H]2O[C@@H](C[C@H](O)C(=O)[C@@H](C)C1)C[C@@H]2C. The molecule has 0 radical (unpaired) electrons. The van der Waals surface area contributed by atoms with Crippen molar-refractivity contribution in [2.75, 3.05) is 0 Å². The van der Waals surface area contributed by atoms with Crippen molar-refractivity contribution < 1.29 is 24.2 Å². The Morgan fingerprint density at radius 2 is 1.73 bits per heavy atom. The van der Waals surface area contributed by atoms with Crippen LogP contribution in [0.2, 0.25) is 0 Å². The molecule has 0 aromatic carbocycles. The minimum absolute atomic E-state index is 0.0546. The van der Waals surface area contributed by atoms with Crippen LogP contribution in [0.4, 0.5) is 0 Å². The number of hydrogen-bond acceptors (Lipinski definition) is 5. The number of ether oxygens (including phenoxy) is 2. The summed E-state index contributed by atoms with van der Waals surface area (Å²) in [5.74, 6) is -0.268. The van der Waals surface area contributed by atoms with Gasteiger partial charge in [-0.15, -0.1) is 0 Å². The number of carbonyl (C=O) groups excluding carboxylic acids is 2. The number of esters is 1. The van der Waals surface area contributed by atoms with Crippen molar-refractivity contribution in [1.29, 1.82) is 0 Å². The summed E-state index contributed by atoms with van der Waals surface area (Å²) in [5, 5.41) is 10.5. The van der Waals surface area contributed by atoms with Crippen LogP contribution in [0.25, 0.3) is 0 Å². The Bertz CT molecular complexity index is 586. The number of aliphatic hydroxyl groups excluding tert-OH is 1. The zero-order chi connectivity index (χ0) is 22.3. The molecule has 2 fully saturated rings. The van der Waals surface area contributed by atoms with E-state index in [0.717, 1.165) is 50.5 Å². The summed E-state index contributed by atoms with van der Waals surface area (Å²) in [5.41, 5.74) is 0.897. The van der Waals surface area contributed by atoms with Crippen LogP contribution in [-0.4, -0.2) is 41.3 Å². The van der Waals surface area contributed by atoms with Crippen LogP contribution in [0, 0.1) is 17.8 Å². The average Bonchev–Trinajstić information content (AvgIpc) is 3.02. The predicted molar refractivity (Wildman–Crippen MR) is 118 cm³/mol. The van der Waals surface area contributed by atoms with Gasteiger partial charge in [0.25, 0.3) is 0 Å². The molecule has 2 heterocycles. The second-order valence-corrected chi connectivity index (χ2v) is 9.76. The number of carbonyl (C=O) groups is 2. The Balaban J connectivity index is 2.09. The molecule has 2 aliphatic rings. The van der Waals surface area contributed by atoms with Crippen molar-refractivity contribution in [3.63, 3.8) is 0 Å². The third kappa shape index (κ3) is 7.49. The van der Waals surface area contributed by atoms with E-state index in [4.69, 9.17) is 9.47 Å². The summed E-state index contributed by atoms with van der Waals surface area (Å²) >= 11 is 0.